The van der Waals surface area contributed by atoms with Crippen LogP contribution in [0.25, 0.3) is 11.8 Å². The van der Waals surface area contributed by atoms with Gasteiger partial charge in [-0.2, -0.15) is 0 Å². The highest BCUT2D eigenvalue weighted by atomic mass is 32.1. The molecule has 0 atom stereocenters. The molecule has 30 heavy (non-hydrogen) atoms. The molecule has 2 heterocycles. The zero-order valence-electron chi connectivity index (χ0n) is 16.5. The molecule has 0 unspecified atom stereocenters. The van der Waals surface area contributed by atoms with Gasteiger partial charge in [0.2, 0.25) is 0 Å². The number of anilines is 1. The van der Waals surface area contributed by atoms with Crippen molar-refractivity contribution in [2.75, 3.05) is 12.0 Å². The molecule has 2 aromatic carbocycles. The van der Waals surface area contributed by atoms with Gasteiger partial charge in [-0.3, -0.25) is 19.8 Å². The first-order valence-corrected chi connectivity index (χ1v) is 9.67. The number of thiocarbonyl (C=S) groups is 1. The Hall–Kier alpha value is -3.71. The predicted molar refractivity (Wildman–Crippen MR) is 120 cm³/mol. The van der Waals surface area contributed by atoms with Gasteiger partial charge < -0.3 is 9.30 Å². The third kappa shape index (κ3) is 3.75. The van der Waals surface area contributed by atoms with Crippen molar-refractivity contribution in [3.05, 3.63) is 83.7 Å². The highest BCUT2D eigenvalue weighted by molar-refractivity contribution is 7.80. The molecule has 1 aliphatic heterocycles. The second kappa shape index (κ2) is 7.96. The van der Waals surface area contributed by atoms with Crippen molar-refractivity contribution >= 4 is 40.9 Å². The van der Waals surface area contributed by atoms with Crippen LogP contribution in [0.4, 0.5) is 5.69 Å². The van der Waals surface area contributed by atoms with Gasteiger partial charge in [-0.1, -0.05) is 12.1 Å². The Bertz CT molecular complexity index is 1180. The van der Waals surface area contributed by atoms with Crippen LogP contribution in [0.15, 0.2) is 72.6 Å². The van der Waals surface area contributed by atoms with Crippen molar-refractivity contribution in [1.82, 2.24) is 9.88 Å². The SMILES string of the molecule is COc1ccc(-n2ccc(/C=C3/C(=O)NC(=S)N(c4cccc(C)c4)C3=O)c2)cc1. The molecular weight excluding hydrogens is 398 g/mol. The van der Waals surface area contributed by atoms with Crippen molar-refractivity contribution in [3.8, 4) is 11.4 Å². The maximum Gasteiger partial charge on any atom is 0.270 e. The van der Waals surface area contributed by atoms with Crippen LogP contribution in [-0.4, -0.2) is 28.6 Å². The number of aryl methyl sites for hydroxylation is 1. The van der Waals surface area contributed by atoms with Gasteiger partial charge in [0.05, 0.1) is 12.8 Å². The van der Waals surface area contributed by atoms with Gasteiger partial charge in [-0.15, -0.1) is 0 Å². The minimum Gasteiger partial charge on any atom is -0.497 e. The fourth-order valence-electron chi connectivity index (χ4n) is 3.24. The standard InChI is InChI=1S/C23H19N3O3S/c1-15-4-3-5-18(12-15)26-22(28)20(21(27)24-23(26)30)13-16-10-11-25(14-16)17-6-8-19(29-2)9-7-17/h3-14H,1-2H3,(H,24,27,30)/b20-13-. The summed E-state index contributed by atoms with van der Waals surface area (Å²) in [6.07, 6.45) is 5.28. The Morgan fingerprint density at radius 2 is 1.80 bits per heavy atom. The fraction of sp³-hybridized carbons (Fsp3) is 0.0870. The molecule has 6 nitrogen and oxygen atoms in total. The van der Waals surface area contributed by atoms with Gasteiger partial charge in [-0.25, -0.2) is 0 Å². The Morgan fingerprint density at radius 3 is 2.50 bits per heavy atom. The van der Waals surface area contributed by atoms with Crippen LogP contribution in [0.2, 0.25) is 0 Å². The van der Waals surface area contributed by atoms with Crippen molar-refractivity contribution in [1.29, 1.82) is 0 Å². The largest absolute Gasteiger partial charge is 0.497 e. The fourth-order valence-corrected chi connectivity index (χ4v) is 3.52. The van der Waals surface area contributed by atoms with Crippen molar-refractivity contribution in [2.24, 2.45) is 0 Å². The first-order chi connectivity index (χ1) is 14.5. The molecule has 0 saturated carbocycles. The van der Waals surface area contributed by atoms with E-state index in [9.17, 15) is 9.59 Å². The van der Waals surface area contributed by atoms with Gasteiger partial charge in [0.25, 0.3) is 11.8 Å². The number of carbonyl (C=O) groups excluding carboxylic acids is 2. The zero-order chi connectivity index (χ0) is 21.3. The Morgan fingerprint density at radius 1 is 1.03 bits per heavy atom. The third-order valence-corrected chi connectivity index (χ3v) is 5.04. The minimum atomic E-state index is -0.508. The van der Waals surface area contributed by atoms with E-state index in [4.69, 9.17) is 17.0 Å². The molecule has 0 bridgehead atoms. The molecule has 3 aromatic rings. The van der Waals surface area contributed by atoms with E-state index in [1.54, 1.807) is 19.3 Å². The summed E-state index contributed by atoms with van der Waals surface area (Å²) in [4.78, 5) is 26.9. The number of benzene rings is 2. The molecule has 1 saturated heterocycles. The van der Waals surface area contributed by atoms with Crippen molar-refractivity contribution in [3.63, 3.8) is 0 Å². The molecule has 1 aliphatic rings. The molecular formula is C23H19N3O3S. The molecule has 1 N–H and O–H groups in total. The van der Waals surface area contributed by atoms with Crippen LogP contribution in [0.5, 0.6) is 5.75 Å². The van der Waals surface area contributed by atoms with E-state index in [1.807, 2.05) is 72.4 Å². The van der Waals surface area contributed by atoms with Gasteiger partial charge >= 0.3 is 0 Å². The maximum atomic E-state index is 13.1. The number of nitrogens with zero attached hydrogens (tertiary/aromatic N) is 2. The topological polar surface area (TPSA) is 63.6 Å². The van der Waals surface area contributed by atoms with E-state index in [0.29, 0.717) is 5.69 Å². The second-order valence-corrected chi connectivity index (χ2v) is 7.23. The van der Waals surface area contributed by atoms with Gasteiger partial charge in [-0.05, 0) is 78.8 Å². The van der Waals surface area contributed by atoms with Crippen LogP contribution in [0, 0.1) is 6.92 Å². The summed E-state index contributed by atoms with van der Waals surface area (Å²) in [5, 5.41) is 2.68. The number of rotatable bonds is 4. The minimum absolute atomic E-state index is 0.0255. The number of hydrogen-bond acceptors (Lipinski definition) is 4. The molecule has 150 valence electrons. The molecule has 1 fully saturated rings. The lowest BCUT2D eigenvalue weighted by Gasteiger charge is -2.29. The molecule has 2 amide bonds. The molecule has 0 spiro atoms. The number of methoxy groups -OCH3 is 1. The highest BCUT2D eigenvalue weighted by Crippen LogP contribution is 2.23. The normalized spacial score (nSPS) is 15.5. The first-order valence-electron chi connectivity index (χ1n) is 9.27. The summed E-state index contributed by atoms with van der Waals surface area (Å²) in [5.41, 5.74) is 3.29. The van der Waals surface area contributed by atoms with Crippen molar-refractivity contribution < 1.29 is 14.3 Å². The van der Waals surface area contributed by atoms with E-state index in [2.05, 4.69) is 5.32 Å². The molecule has 0 radical (unpaired) electrons. The Labute approximate surface area is 179 Å². The van der Waals surface area contributed by atoms with Crippen LogP contribution in [0.1, 0.15) is 11.1 Å². The maximum absolute atomic E-state index is 13.1. The number of ether oxygens (including phenoxy) is 1. The van der Waals surface area contributed by atoms with Crippen LogP contribution < -0.4 is 15.0 Å². The second-order valence-electron chi connectivity index (χ2n) is 6.85. The van der Waals surface area contributed by atoms with E-state index >= 15 is 0 Å². The average Bonchev–Trinajstić information content (AvgIpc) is 3.20. The van der Waals surface area contributed by atoms with Crippen LogP contribution in [-0.2, 0) is 9.59 Å². The van der Waals surface area contributed by atoms with Crippen LogP contribution in [0.3, 0.4) is 0 Å². The van der Waals surface area contributed by atoms with E-state index in [0.717, 1.165) is 22.6 Å². The summed E-state index contributed by atoms with van der Waals surface area (Å²) < 4.78 is 7.08. The van der Waals surface area contributed by atoms with Crippen molar-refractivity contribution in [2.45, 2.75) is 6.92 Å². The number of amides is 2. The lowest BCUT2D eigenvalue weighted by atomic mass is 10.1. The monoisotopic (exact) mass is 417 g/mol. The van der Waals surface area contributed by atoms with E-state index < -0.39 is 11.8 Å². The quantitative estimate of drug-likeness (QED) is 0.400. The zero-order valence-corrected chi connectivity index (χ0v) is 17.3. The summed E-state index contributed by atoms with van der Waals surface area (Å²) in [5.74, 6) is -0.192. The predicted octanol–water partition coefficient (Wildman–Crippen LogP) is 3.63. The summed E-state index contributed by atoms with van der Waals surface area (Å²) in [7, 11) is 1.62. The van der Waals surface area contributed by atoms with Crippen LogP contribution >= 0.6 is 12.2 Å². The average molecular weight is 417 g/mol. The lowest BCUT2D eigenvalue weighted by Crippen LogP contribution is -2.54. The van der Waals surface area contributed by atoms with E-state index in [1.165, 1.54) is 4.90 Å². The van der Waals surface area contributed by atoms with Gasteiger partial charge in [0.15, 0.2) is 5.11 Å². The Kier molecular flexibility index (Phi) is 5.20. The number of aromatic nitrogens is 1. The summed E-state index contributed by atoms with van der Waals surface area (Å²) in [6.45, 7) is 1.93. The third-order valence-electron chi connectivity index (χ3n) is 4.76. The molecule has 0 aliphatic carbocycles. The lowest BCUT2D eigenvalue weighted by molar-refractivity contribution is -0.122. The highest BCUT2D eigenvalue weighted by Gasteiger charge is 2.34. The number of hydrogen-bond donors (Lipinski definition) is 1. The summed E-state index contributed by atoms with van der Waals surface area (Å²) >= 11 is 5.24. The number of nitrogens with one attached hydrogen (secondary N) is 1. The smallest absolute Gasteiger partial charge is 0.270 e. The molecule has 4 rings (SSSR count). The molecule has 7 heteroatoms. The first kappa shape index (κ1) is 19.6. The number of carbonyl (C=O) groups is 2. The van der Waals surface area contributed by atoms with Gasteiger partial charge in [0.1, 0.15) is 11.3 Å². The summed E-state index contributed by atoms with van der Waals surface area (Å²) in [6, 6.07) is 16.8. The van der Waals surface area contributed by atoms with Gasteiger partial charge in [0, 0.05) is 18.1 Å². The molecule has 1 aromatic heterocycles. The van der Waals surface area contributed by atoms with E-state index in [-0.39, 0.29) is 10.7 Å². The Balaban J connectivity index is 1.65.